The van der Waals surface area contributed by atoms with Crippen LogP contribution in [0, 0.1) is 6.92 Å². The van der Waals surface area contributed by atoms with E-state index in [1.807, 2.05) is 19.1 Å². The number of benzene rings is 1. The molecule has 0 aliphatic carbocycles. The highest BCUT2D eigenvalue weighted by Gasteiger charge is 2.16. The summed E-state index contributed by atoms with van der Waals surface area (Å²) in [6.07, 6.45) is 1.23. The zero-order valence-electron chi connectivity index (χ0n) is 11.2. The molecule has 0 aromatic heterocycles. The summed E-state index contributed by atoms with van der Waals surface area (Å²) in [5.74, 6) is -0.480. The average Bonchev–Trinajstić information content (AvgIpc) is 2.29. The van der Waals surface area contributed by atoms with Crippen molar-refractivity contribution in [3.63, 3.8) is 0 Å². The lowest BCUT2D eigenvalue weighted by Crippen LogP contribution is -2.37. The normalized spacial score (nSPS) is 12.4. The van der Waals surface area contributed by atoms with Crippen molar-refractivity contribution >= 4 is 49.8 Å². The zero-order valence-corrected chi connectivity index (χ0v) is 14.4. The molecular formula is C12H18BrClN2O3S. The van der Waals surface area contributed by atoms with E-state index in [0.29, 0.717) is 5.69 Å². The highest BCUT2D eigenvalue weighted by Crippen LogP contribution is 2.20. The summed E-state index contributed by atoms with van der Waals surface area (Å²) in [6.45, 7) is 1.91. The van der Waals surface area contributed by atoms with E-state index in [0.717, 1.165) is 16.3 Å². The smallest absolute Gasteiger partial charge is 0.241 e. The molecule has 0 heterocycles. The first kappa shape index (κ1) is 19.4. The predicted molar refractivity (Wildman–Crippen MR) is 87.1 cm³/mol. The molecule has 0 bridgehead atoms. The number of halogens is 2. The molecule has 1 unspecified atom stereocenters. The lowest BCUT2D eigenvalue weighted by atomic mass is 10.2. The van der Waals surface area contributed by atoms with E-state index in [-0.39, 0.29) is 30.5 Å². The number of carbonyl (C=O) groups excluding carboxylic acids is 1. The van der Waals surface area contributed by atoms with Gasteiger partial charge >= 0.3 is 0 Å². The monoisotopic (exact) mass is 384 g/mol. The largest absolute Gasteiger partial charge is 0.325 e. The lowest BCUT2D eigenvalue weighted by Gasteiger charge is -2.12. The lowest BCUT2D eigenvalue weighted by molar-refractivity contribution is -0.117. The Kier molecular flexibility index (Phi) is 7.72. The summed E-state index contributed by atoms with van der Waals surface area (Å²) in [7, 11) is -3.10. The van der Waals surface area contributed by atoms with Gasteiger partial charge < -0.3 is 11.1 Å². The maximum Gasteiger partial charge on any atom is 0.241 e. The third-order valence-electron chi connectivity index (χ3n) is 2.56. The van der Waals surface area contributed by atoms with Gasteiger partial charge in [0.15, 0.2) is 0 Å². The molecule has 0 aliphatic rings. The molecular weight excluding hydrogens is 368 g/mol. The van der Waals surface area contributed by atoms with Crippen LogP contribution in [0.4, 0.5) is 5.69 Å². The van der Waals surface area contributed by atoms with Gasteiger partial charge in [-0.05, 0) is 37.1 Å². The summed E-state index contributed by atoms with van der Waals surface area (Å²) in [5, 5.41) is 2.67. The van der Waals surface area contributed by atoms with Crippen molar-refractivity contribution in [1.29, 1.82) is 0 Å². The molecule has 0 aliphatic heterocycles. The Morgan fingerprint density at radius 2 is 2.05 bits per heavy atom. The van der Waals surface area contributed by atoms with Gasteiger partial charge in [-0.15, -0.1) is 12.4 Å². The molecule has 1 rings (SSSR count). The fourth-order valence-corrected chi connectivity index (χ4v) is 2.36. The summed E-state index contributed by atoms with van der Waals surface area (Å²) >= 11 is 3.37. The second-order valence-corrected chi connectivity index (χ2v) is 7.59. The fraction of sp³-hybridized carbons (Fsp3) is 0.417. The van der Waals surface area contributed by atoms with E-state index < -0.39 is 15.9 Å². The molecule has 1 aromatic carbocycles. The van der Waals surface area contributed by atoms with Gasteiger partial charge in [0.25, 0.3) is 0 Å². The number of carbonyl (C=O) groups is 1. The molecule has 3 N–H and O–H groups in total. The maximum absolute atomic E-state index is 11.8. The SMILES string of the molecule is Cc1cc(NC(=O)C(N)CCS(C)(=O)=O)ccc1Br.Cl. The molecule has 8 heteroatoms. The van der Waals surface area contributed by atoms with Crippen LogP contribution in [-0.4, -0.2) is 32.4 Å². The third kappa shape index (κ3) is 6.69. The van der Waals surface area contributed by atoms with Crippen LogP contribution in [0.2, 0.25) is 0 Å². The van der Waals surface area contributed by atoms with E-state index >= 15 is 0 Å². The molecule has 1 aromatic rings. The van der Waals surface area contributed by atoms with Crippen LogP contribution in [0.25, 0.3) is 0 Å². The minimum atomic E-state index is -3.10. The molecule has 0 radical (unpaired) electrons. The van der Waals surface area contributed by atoms with Gasteiger partial charge in [-0.1, -0.05) is 15.9 Å². The minimum absolute atomic E-state index is 0. The molecule has 1 amide bonds. The summed E-state index contributed by atoms with van der Waals surface area (Å²) in [4.78, 5) is 11.8. The number of aryl methyl sites for hydroxylation is 1. The van der Waals surface area contributed by atoms with Crippen LogP contribution >= 0.6 is 28.3 Å². The molecule has 114 valence electrons. The number of nitrogens with one attached hydrogen (secondary N) is 1. The molecule has 20 heavy (non-hydrogen) atoms. The van der Waals surface area contributed by atoms with Crippen molar-refractivity contribution in [3.8, 4) is 0 Å². The highest BCUT2D eigenvalue weighted by atomic mass is 79.9. The van der Waals surface area contributed by atoms with Gasteiger partial charge in [0.1, 0.15) is 9.84 Å². The minimum Gasteiger partial charge on any atom is -0.325 e. The van der Waals surface area contributed by atoms with Crippen LogP contribution in [0.15, 0.2) is 22.7 Å². The standard InChI is InChI=1S/C12H17BrN2O3S.ClH/c1-8-7-9(3-4-10(8)13)15-12(16)11(14)5-6-19(2,17)18;/h3-4,7,11H,5-6,14H2,1-2H3,(H,15,16);1H. The van der Waals surface area contributed by atoms with Crippen molar-refractivity contribution in [3.05, 3.63) is 28.2 Å². The van der Waals surface area contributed by atoms with Gasteiger partial charge in [0.2, 0.25) is 5.91 Å². The Labute approximate surface area is 133 Å². The van der Waals surface area contributed by atoms with Crippen LogP contribution in [0.5, 0.6) is 0 Å². The Morgan fingerprint density at radius 3 is 2.55 bits per heavy atom. The molecule has 1 atom stereocenters. The Morgan fingerprint density at radius 1 is 1.45 bits per heavy atom. The van der Waals surface area contributed by atoms with Gasteiger partial charge in [-0.25, -0.2) is 8.42 Å². The van der Waals surface area contributed by atoms with E-state index in [4.69, 9.17) is 5.73 Å². The molecule has 0 saturated carbocycles. The Hall–Kier alpha value is -0.630. The van der Waals surface area contributed by atoms with Crippen molar-refractivity contribution in [2.24, 2.45) is 5.73 Å². The highest BCUT2D eigenvalue weighted by molar-refractivity contribution is 9.10. The zero-order chi connectivity index (χ0) is 14.6. The number of amides is 1. The molecule has 0 spiro atoms. The number of nitrogens with two attached hydrogens (primary N) is 1. The number of hydrogen-bond donors (Lipinski definition) is 2. The first-order chi connectivity index (χ1) is 8.69. The molecule has 0 fully saturated rings. The summed E-state index contributed by atoms with van der Waals surface area (Å²) in [6, 6.07) is 4.55. The first-order valence-electron chi connectivity index (χ1n) is 5.69. The number of hydrogen-bond acceptors (Lipinski definition) is 4. The van der Waals surface area contributed by atoms with Crippen LogP contribution in [0.3, 0.4) is 0 Å². The number of rotatable bonds is 5. The third-order valence-corrected chi connectivity index (χ3v) is 4.43. The van der Waals surface area contributed by atoms with Gasteiger partial charge in [-0.3, -0.25) is 4.79 Å². The van der Waals surface area contributed by atoms with E-state index in [1.54, 1.807) is 6.07 Å². The topological polar surface area (TPSA) is 89.3 Å². The van der Waals surface area contributed by atoms with Gasteiger partial charge in [0.05, 0.1) is 11.8 Å². The average molecular weight is 386 g/mol. The second-order valence-electron chi connectivity index (χ2n) is 4.48. The van der Waals surface area contributed by atoms with E-state index in [9.17, 15) is 13.2 Å². The fourth-order valence-electron chi connectivity index (χ4n) is 1.43. The van der Waals surface area contributed by atoms with Gasteiger partial charge in [-0.2, -0.15) is 0 Å². The summed E-state index contributed by atoms with van der Waals surface area (Å²) in [5.41, 5.74) is 7.28. The van der Waals surface area contributed by atoms with E-state index in [1.165, 1.54) is 0 Å². The quantitative estimate of drug-likeness (QED) is 0.810. The van der Waals surface area contributed by atoms with Crippen LogP contribution in [-0.2, 0) is 14.6 Å². The predicted octanol–water partition coefficient (Wildman–Crippen LogP) is 1.88. The van der Waals surface area contributed by atoms with Crippen molar-refractivity contribution < 1.29 is 13.2 Å². The van der Waals surface area contributed by atoms with E-state index in [2.05, 4.69) is 21.2 Å². The van der Waals surface area contributed by atoms with Crippen LogP contribution in [0.1, 0.15) is 12.0 Å². The number of sulfone groups is 1. The molecule has 5 nitrogen and oxygen atoms in total. The number of anilines is 1. The van der Waals surface area contributed by atoms with Crippen molar-refractivity contribution in [2.75, 3.05) is 17.3 Å². The van der Waals surface area contributed by atoms with Crippen molar-refractivity contribution in [2.45, 2.75) is 19.4 Å². The first-order valence-corrected chi connectivity index (χ1v) is 8.55. The second kappa shape index (κ2) is 7.97. The Bertz CT molecular complexity index is 578. The van der Waals surface area contributed by atoms with Crippen LogP contribution < -0.4 is 11.1 Å². The summed E-state index contributed by atoms with van der Waals surface area (Å²) < 4.78 is 23.0. The Balaban J connectivity index is 0.00000361. The van der Waals surface area contributed by atoms with Gasteiger partial charge in [0, 0.05) is 16.4 Å². The van der Waals surface area contributed by atoms with Crippen molar-refractivity contribution in [1.82, 2.24) is 0 Å². The maximum atomic E-state index is 11.8. The molecule has 0 saturated heterocycles.